The lowest BCUT2D eigenvalue weighted by atomic mass is 10.1. The Balaban J connectivity index is 1.28. The molecule has 8 rings (SSSR count). The first-order valence-corrected chi connectivity index (χ1v) is 22.6. The fraction of sp³-hybridized carbons (Fsp3) is 0.250. The Morgan fingerprint density at radius 3 is 2.00 bits per heavy atom. The molecule has 0 bridgehead atoms. The van der Waals surface area contributed by atoms with Crippen molar-refractivity contribution in [2.45, 2.75) is 54.1 Å². The lowest BCUT2D eigenvalue weighted by Crippen LogP contribution is -2.34. The molecule has 0 fully saturated rings. The standard InChI is InChI=1S/C40H26ClF11N8O4S2/c1-3-65(61,62)32-22-9-8-21(41)12-19(22)15-54-31(32)36-58-27-13-20(38(44,45)46)16-56-34(27)60(36)10-5-11-66(63,64)33-23-6-4-7-25(39(47,48)49)24(23)17-55-30(33)35-57-26-14-29(37(42,43)40(50,51)52)53-18-28(26)59(35)2/h4,6-9,12-18H,3,5,10-11H2,1-2H3. The summed E-state index contributed by atoms with van der Waals surface area (Å²) in [7, 11) is -7.92. The molecule has 0 amide bonds. The molecule has 0 saturated carbocycles. The molecule has 0 aliphatic heterocycles. The monoisotopic (exact) mass is 990 g/mol. The average Bonchev–Trinajstić information content (AvgIpc) is 3.77. The van der Waals surface area contributed by atoms with Gasteiger partial charge >= 0.3 is 24.5 Å². The van der Waals surface area contributed by atoms with E-state index in [4.69, 9.17) is 11.6 Å². The van der Waals surface area contributed by atoms with Gasteiger partial charge in [-0.15, -0.1) is 0 Å². The van der Waals surface area contributed by atoms with E-state index in [-0.39, 0.29) is 43.4 Å². The zero-order valence-electron chi connectivity index (χ0n) is 33.3. The van der Waals surface area contributed by atoms with Crippen molar-refractivity contribution in [3.63, 3.8) is 0 Å². The number of aromatic nitrogens is 8. The van der Waals surface area contributed by atoms with Gasteiger partial charge in [0.1, 0.15) is 32.4 Å². The molecule has 0 saturated heterocycles. The second-order valence-electron chi connectivity index (χ2n) is 14.7. The van der Waals surface area contributed by atoms with Crippen LogP contribution in [-0.2, 0) is 51.5 Å². The number of nitrogens with zero attached hydrogens (tertiary/aromatic N) is 8. The highest BCUT2D eigenvalue weighted by molar-refractivity contribution is 7.92. The van der Waals surface area contributed by atoms with Crippen LogP contribution in [0.25, 0.3) is 66.8 Å². The van der Waals surface area contributed by atoms with Crippen LogP contribution in [-0.4, -0.2) is 73.6 Å². The van der Waals surface area contributed by atoms with Crippen LogP contribution in [0.1, 0.15) is 30.2 Å². The summed E-state index contributed by atoms with van der Waals surface area (Å²) in [5, 5.41) is -0.612. The number of sulfone groups is 2. The first-order chi connectivity index (χ1) is 30.7. The number of fused-ring (bicyclic) bond motifs is 4. The smallest absolute Gasteiger partial charge is 0.324 e. The van der Waals surface area contributed by atoms with E-state index in [1.165, 1.54) is 38.4 Å². The Hall–Kier alpha value is -6.08. The highest BCUT2D eigenvalue weighted by Crippen LogP contribution is 2.45. The number of alkyl halides is 11. The Labute approximate surface area is 369 Å². The molecule has 8 aromatic rings. The van der Waals surface area contributed by atoms with Crippen LogP contribution in [0.5, 0.6) is 0 Å². The molecular weight excluding hydrogens is 965 g/mol. The van der Waals surface area contributed by atoms with Crippen LogP contribution >= 0.6 is 11.6 Å². The van der Waals surface area contributed by atoms with E-state index in [1.807, 2.05) is 0 Å². The van der Waals surface area contributed by atoms with Crippen LogP contribution < -0.4 is 0 Å². The van der Waals surface area contributed by atoms with Crippen molar-refractivity contribution in [1.82, 2.24) is 39.0 Å². The van der Waals surface area contributed by atoms with Crippen LogP contribution in [0, 0.1) is 0 Å². The lowest BCUT2D eigenvalue weighted by Gasteiger charge is -2.18. The van der Waals surface area contributed by atoms with Crippen LogP contribution in [0.2, 0.25) is 5.02 Å². The van der Waals surface area contributed by atoms with Crippen molar-refractivity contribution in [3.05, 3.63) is 95.2 Å². The molecule has 0 atom stereocenters. The minimum absolute atomic E-state index is 0.119. The van der Waals surface area contributed by atoms with Gasteiger partial charge in [-0.25, -0.2) is 31.8 Å². The molecular formula is C40H26ClF11N8O4S2. The molecule has 0 aliphatic carbocycles. The summed E-state index contributed by atoms with van der Waals surface area (Å²) in [5.41, 5.74) is -6.64. The Kier molecular flexibility index (Phi) is 11.1. The predicted octanol–water partition coefficient (Wildman–Crippen LogP) is 10.1. The van der Waals surface area contributed by atoms with Crippen LogP contribution in [0.4, 0.5) is 48.3 Å². The van der Waals surface area contributed by atoms with Gasteiger partial charge in [0.05, 0.1) is 39.9 Å². The maximum absolute atomic E-state index is 14.7. The fourth-order valence-electron chi connectivity index (χ4n) is 7.42. The van der Waals surface area contributed by atoms with Gasteiger partial charge in [-0.3, -0.25) is 15.0 Å². The zero-order chi connectivity index (χ0) is 48.1. The van der Waals surface area contributed by atoms with E-state index in [2.05, 4.69) is 29.9 Å². The fourth-order valence-corrected chi connectivity index (χ4v) is 10.5. The third-order valence-electron chi connectivity index (χ3n) is 10.6. The highest BCUT2D eigenvalue weighted by atomic mass is 35.5. The number of hydrogen-bond acceptors (Lipinski definition) is 10. The largest absolute Gasteiger partial charge is 0.459 e. The van der Waals surface area contributed by atoms with E-state index < -0.39 is 124 Å². The number of halogens is 12. The van der Waals surface area contributed by atoms with Crippen molar-refractivity contribution < 1.29 is 65.1 Å². The SMILES string of the molecule is CCS(=O)(=O)c1c(-c2nc3cc(C(F)(F)F)cnc3n2CCCS(=O)(=O)c2c(-c3nc4cc(C(F)(F)C(F)(F)F)ncc4n3C)ncc3c(C(F)(F)F)cccc23)ncc2cc(Cl)ccc12. The van der Waals surface area contributed by atoms with Gasteiger partial charge in [-0.1, -0.05) is 36.7 Å². The summed E-state index contributed by atoms with van der Waals surface area (Å²) in [6.45, 7) is 0.839. The Morgan fingerprint density at radius 2 is 1.33 bits per heavy atom. The minimum atomic E-state index is -6.06. The predicted molar refractivity (Wildman–Crippen MR) is 217 cm³/mol. The number of benzene rings is 2. The summed E-state index contributed by atoms with van der Waals surface area (Å²) in [4.78, 5) is 22.7. The molecule has 0 spiro atoms. The molecule has 26 heteroatoms. The summed E-state index contributed by atoms with van der Waals surface area (Å²) in [5.74, 6) is -7.71. The molecule has 66 heavy (non-hydrogen) atoms. The first-order valence-electron chi connectivity index (χ1n) is 18.9. The molecule has 12 nitrogen and oxygen atoms in total. The van der Waals surface area contributed by atoms with E-state index in [9.17, 15) is 65.1 Å². The molecule has 0 aliphatic rings. The third-order valence-corrected chi connectivity index (χ3v) is 14.5. The number of aryl methyl sites for hydroxylation is 2. The first kappa shape index (κ1) is 46.4. The molecule has 0 N–H and O–H groups in total. The number of pyridine rings is 4. The van der Waals surface area contributed by atoms with Gasteiger partial charge in [-0.2, -0.15) is 48.3 Å². The van der Waals surface area contributed by atoms with Crippen LogP contribution in [0.3, 0.4) is 0 Å². The van der Waals surface area contributed by atoms with Gasteiger partial charge in [-0.05, 0) is 36.8 Å². The molecule has 6 aromatic heterocycles. The quantitative estimate of drug-likeness (QED) is 0.121. The minimum Gasteiger partial charge on any atom is -0.324 e. The summed E-state index contributed by atoms with van der Waals surface area (Å²) < 4.78 is 212. The molecule has 0 unspecified atom stereocenters. The number of hydrogen-bond donors (Lipinski definition) is 0. The maximum atomic E-state index is 14.7. The summed E-state index contributed by atoms with van der Waals surface area (Å²) >= 11 is 6.15. The van der Waals surface area contributed by atoms with Gasteiger partial charge < -0.3 is 9.13 Å². The zero-order valence-corrected chi connectivity index (χ0v) is 35.7. The molecule has 346 valence electrons. The van der Waals surface area contributed by atoms with Crippen molar-refractivity contribution in [3.8, 4) is 23.0 Å². The van der Waals surface area contributed by atoms with E-state index in [1.54, 1.807) is 0 Å². The molecule has 0 radical (unpaired) electrons. The second-order valence-corrected chi connectivity index (χ2v) is 19.4. The molecule has 6 heterocycles. The normalized spacial score (nSPS) is 13.5. The van der Waals surface area contributed by atoms with E-state index in [0.717, 1.165) is 21.3 Å². The second kappa shape index (κ2) is 15.8. The van der Waals surface area contributed by atoms with Gasteiger partial charge in [0, 0.05) is 58.8 Å². The highest BCUT2D eigenvalue weighted by Gasteiger charge is 2.60. The van der Waals surface area contributed by atoms with Gasteiger partial charge in [0.25, 0.3) is 0 Å². The number of rotatable bonds is 10. The lowest BCUT2D eigenvalue weighted by molar-refractivity contribution is -0.290. The average molecular weight is 991 g/mol. The molecule has 2 aromatic carbocycles. The van der Waals surface area contributed by atoms with Crippen molar-refractivity contribution in [2.75, 3.05) is 11.5 Å². The van der Waals surface area contributed by atoms with Crippen molar-refractivity contribution in [1.29, 1.82) is 0 Å². The van der Waals surface area contributed by atoms with Crippen molar-refractivity contribution >= 4 is 75.0 Å². The number of imidazole rings is 2. The van der Waals surface area contributed by atoms with Gasteiger partial charge in [0.2, 0.25) is 0 Å². The topological polar surface area (TPSA) is 155 Å². The summed E-state index contributed by atoms with van der Waals surface area (Å²) in [6.07, 6.45) is -13.5. The van der Waals surface area contributed by atoms with Crippen LogP contribution in [0.15, 0.2) is 83.1 Å². The Bertz CT molecular complexity index is 3520. The summed E-state index contributed by atoms with van der Waals surface area (Å²) in [6, 6.07) is 7.78. The van der Waals surface area contributed by atoms with E-state index in [0.29, 0.717) is 36.8 Å². The maximum Gasteiger partial charge on any atom is 0.459 e. The van der Waals surface area contributed by atoms with Crippen molar-refractivity contribution in [2.24, 2.45) is 7.05 Å². The van der Waals surface area contributed by atoms with E-state index >= 15 is 0 Å². The Morgan fingerprint density at radius 1 is 0.667 bits per heavy atom. The third kappa shape index (κ3) is 7.92. The van der Waals surface area contributed by atoms with Gasteiger partial charge in [0.15, 0.2) is 37.0 Å².